The monoisotopic (exact) mass is 396 g/mol. The van der Waals surface area contributed by atoms with Crippen molar-refractivity contribution in [3.05, 3.63) is 71.8 Å². The van der Waals surface area contributed by atoms with E-state index < -0.39 is 5.54 Å². The van der Waals surface area contributed by atoms with E-state index in [1.54, 1.807) is 24.3 Å². The van der Waals surface area contributed by atoms with Gasteiger partial charge in [0.15, 0.2) is 0 Å². The molecule has 0 radical (unpaired) electrons. The molecule has 2 aromatic carbocycles. The SMILES string of the molecule is O=C(CCc1cc(-c2ccc(F)cc2)[nH]c1-c1ccc(F)cc1)NC1(CO)CC1. The van der Waals surface area contributed by atoms with Crippen LogP contribution in [0.1, 0.15) is 24.8 Å². The van der Waals surface area contributed by atoms with Gasteiger partial charge in [0.1, 0.15) is 11.6 Å². The van der Waals surface area contributed by atoms with Crippen molar-refractivity contribution in [3.8, 4) is 22.5 Å². The molecule has 1 aliphatic rings. The molecule has 4 nitrogen and oxygen atoms in total. The van der Waals surface area contributed by atoms with Crippen LogP contribution in [0.4, 0.5) is 8.78 Å². The minimum absolute atomic E-state index is 0.0432. The van der Waals surface area contributed by atoms with Crippen LogP contribution < -0.4 is 5.32 Å². The standard InChI is InChI=1S/C23H22F2N2O2/c24-18-6-1-15(2-7-18)20-13-17(5-10-21(29)27-23(14-28)11-12-23)22(26-20)16-3-8-19(25)9-4-16/h1-4,6-9,13,26,28H,5,10-12,14H2,(H,27,29). The summed E-state index contributed by atoms with van der Waals surface area (Å²) < 4.78 is 26.6. The molecule has 1 amide bonds. The number of aliphatic hydroxyl groups excluding tert-OH is 1. The van der Waals surface area contributed by atoms with Crippen LogP contribution in [0.5, 0.6) is 0 Å². The van der Waals surface area contributed by atoms with E-state index in [-0.39, 0.29) is 30.6 Å². The molecular formula is C23H22F2N2O2. The van der Waals surface area contributed by atoms with Crippen LogP contribution in [0.3, 0.4) is 0 Å². The Hall–Kier alpha value is -2.99. The highest BCUT2D eigenvalue weighted by atomic mass is 19.1. The van der Waals surface area contributed by atoms with Gasteiger partial charge in [-0.1, -0.05) is 0 Å². The molecular weight excluding hydrogens is 374 g/mol. The number of carbonyl (C=O) groups excluding carboxylic acids is 1. The number of amides is 1. The van der Waals surface area contributed by atoms with Crippen LogP contribution in [-0.4, -0.2) is 28.1 Å². The van der Waals surface area contributed by atoms with E-state index in [9.17, 15) is 18.7 Å². The number of hydrogen-bond donors (Lipinski definition) is 3. The van der Waals surface area contributed by atoms with Gasteiger partial charge in [-0.05, 0) is 90.6 Å². The summed E-state index contributed by atoms with van der Waals surface area (Å²) in [6, 6.07) is 14.3. The Morgan fingerprint density at radius 3 is 2.14 bits per heavy atom. The zero-order valence-electron chi connectivity index (χ0n) is 15.8. The Kier molecular flexibility index (Phi) is 5.20. The molecule has 1 aliphatic carbocycles. The molecule has 1 saturated carbocycles. The van der Waals surface area contributed by atoms with E-state index >= 15 is 0 Å². The highest BCUT2D eigenvalue weighted by Crippen LogP contribution is 2.35. The number of aliphatic hydroxyl groups is 1. The minimum Gasteiger partial charge on any atom is -0.394 e. The second-order valence-electron chi connectivity index (χ2n) is 7.58. The summed E-state index contributed by atoms with van der Waals surface area (Å²) in [5, 5.41) is 12.3. The van der Waals surface area contributed by atoms with Gasteiger partial charge in [0.2, 0.25) is 5.91 Å². The van der Waals surface area contributed by atoms with Gasteiger partial charge < -0.3 is 15.4 Å². The number of aromatic amines is 1. The second kappa shape index (κ2) is 7.79. The van der Waals surface area contributed by atoms with Crippen LogP contribution in [0.2, 0.25) is 0 Å². The van der Waals surface area contributed by atoms with E-state index in [0.717, 1.165) is 40.9 Å². The van der Waals surface area contributed by atoms with Crippen molar-refractivity contribution in [2.75, 3.05) is 6.61 Å². The summed E-state index contributed by atoms with van der Waals surface area (Å²) in [4.78, 5) is 15.6. The van der Waals surface area contributed by atoms with Crippen LogP contribution in [0.15, 0.2) is 54.6 Å². The van der Waals surface area contributed by atoms with Gasteiger partial charge >= 0.3 is 0 Å². The number of H-pyrrole nitrogens is 1. The van der Waals surface area contributed by atoms with Gasteiger partial charge in [0.05, 0.1) is 12.1 Å². The van der Waals surface area contributed by atoms with E-state index in [2.05, 4.69) is 10.3 Å². The largest absolute Gasteiger partial charge is 0.394 e. The highest BCUT2D eigenvalue weighted by Gasteiger charge is 2.43. The Balaban J connectivity index is 1.59. The maximum absolute atomic E-state index is 13.3. The fraction of sp³-hybridized carbons (Fsp3) is 0.261. The lowest BCUT2D eigenvalue weighted by molar-refractivity contribution is -0.122. The maximum Gasteiger partial charge on any atom is 0.220 e. The number of aromatic nitrogens is 1. The second-order valence-corrected chi connectivity index (χ2v) is 7.58. The van der Waals surface area contributed by atoms with Gasteiger partial charge in [-0.15, -0.1) is 0 Å². The number of benzene rings is 2. The predicted octanol–water partition coefficient (Wildman–Crippen LogP) is 4.20. The topological polar surface area (TPSA) is 65.1 Å². The summed E-state index contributed by atoms with van der Waals surface area (Å²) in [5.74, 6) is -0.737. The van der Waals surface area contributed by atoms with Crippen LogP contribution in [0, 0.1) is 11.6 Å². The fourth-order valence-corrected chi connectivity index (χ4v) is 3.43. The van der Waals surface area contributed by atoms with Gasteiger partial charge in [-0.2, -0.15) is 0 Å². The van der Waals surface area contributed by atoms with Crippen molar-refractivity contribution in [1.29, 1.82) is 0 Å². The number of nitrogens with one attached hydrogen (secondary N) is 2. The van der Waals surface area contributed by atoms with Crippen molar-refractivity contribution in [2.24, 2.45) is 0 Å². The Bertz CT molecular complexity index is 1010. The quantitative estimate of drug-likeness (QED) is 0.560. The number of carbonyl (C=O) groups is 1. The van der Waals surface area contributed by atoms with E-state index in [1.165, 1.54) is 24.3 Å². The molecule has 1 aromatic heterocycles. The lowest BCUT2D eigenvalue weighted by atomic mass is 10.0. The molecule has 0 bridgehead atoms. The molecule has 0 aliphatic heterocycles. The third kappa shape index (κ3) is 4.38. The van der Waals surface area contributed by atoms with Gasteiger partial charge in [-0.25, -0.2) is 8.78 Å². The number of rotatable bonds is 7. The zero-order chi connectivity index (χ0) is 20.4. The maximum atomic E-state index is 13.3. The van der Waals surface area contributed by atoms with Crippen LogP contribution in [-0.2, 0) is 11.2 Å². The summed E-state index contributed by atoms with van der Waals surface area (Å²) in [7, 11) is 0. The normalized spacial score (nSPS) is 14.6. The summed E-state index contributed by atoms with van der Waals surface area (Å²) in [5.41, 5.74) is 3.72. The number of hydrogen-bond acceptors (Lipinski definition) is 2. The molecule has 4 rings (SSSR count). The predicted molar refractivity (Wildman–Crippen MR) is 107 cm³/mol. The van der Waals surface area contributed by atoms with Gasteiger partial charge in [0.25, 0.3) is 0 Å². The smallest absolute Gasteiger partial charge is 0.220 e. The lowest BCUT2D eigenvalue weighted by Crippen LogP contribution is -2.39. The molecule has 3 aromatic rings. The Labute approximate surface area is 167 Å². The van der Waals surface area contributed by atoms with Crippen molar-refractivity contribution in [1.82, 2.24) is 10.3 Å². The van der Waals surface area contributed by atoms with E-state index in [1.807, 2.05) is 6.07 Å². The molecule has 0 atom stereocenters. The summed E-state index contributed by atoms with van der Waals surface area (Å²) in [6.45, 7) is -0.0432. The molecule has 3 N–H and O–H groups in total. The third-order valence-electron chi connectivity index (χ3n) is 5.37. The molecule has 0 saturated heterocycles. The van der Waals surface area contributed by atoms with E-state index in [0.29, 0.717) is 6.42 Å². The minimum atomic E-state index is -0.436. The first kappa shape index (κ1) is 19.3. The summed E-state index contributed by atoms with van der Waals surface area (Å²) >= 11 is 0. The molecule has 0 spiro atoms. The first-order valence-electron chi connectivity index (χ1n) is 9.64. The average Bonchev–Trinajstić information content (AvgIpc) is 3.36. The lowest BCUT2D eigenvalue weighted by Gasteiger charge is -2.14. The number of halogens is 2. The molecule has 150 valence electrons. The molecule has 1 fully saturated rings. The van der Waals surface area contributed by atoms with Crippen molar-refractivity contribution >= 4 is 5.91 Å². The first-order valence-corrected chi connectivity index (χ1v) is 9.64. The number of aryl methyl sites for hydroxylation is 1. The van der Waals surface area contributed by atoms with Crippen LogP contribution in [0.25, 0.3) is 22.5 Å². The molecule has 6 heteroatoms. The molecule has 1 heterocycles. The fourth-order valence-electron chi connectivity index (χ4n) is 3.43. The molecule has 0 unspecified atom stereocenters. The van der Waals surface area contributed by atoms with Crippen molar-refractivity contribution in [2.45, 2.75) is 31.2 Å². The van der Waals surface area contributed by atoms with E-state index in [4.69, 9.17) is 0 Å². The Morgan fingerprint density at radius 1 is 1.00 bits per heavy atom. The highest BCUT2D eigenvalue weighted by molar-refractivity contribution is 5.79. The average molecular weight is 396 g/mol. The Morgan fingerprint density at radius 2 is 1.59 bits per heavy atom. The molecule has 29 heavy (non-hydrogen) atoms. The zero-order valence-corrected chi connectivity index (χ0v) is 15.8. The van der Waals surface area contributed by atoms with Crippen LogP contribution >= 0.6 is 0 Å². The third-order valence-corrected chi connectivity index (χ3v) is 5.37. The van der Waals surface area contributed by atoms with Crippen molar-refractivity contribution < 1.29 is 18.7 Å². The first-order chi connectivity index (χ1) is 14.0. The summed E-state index contributed by atoms with van der Waals surface area (Å²) in [6.07, 6.45) is 2.36. The van der Waals surface area contributed by atoms with Gasteiger partial charge in [0, 0.05) is 17.8 Å². The van der Waals surface area contributed by atoms with Crippen molar-refractivity contribution in [3.63, 3.8) is 0 Å². The van der Waals surface area contributed by atoms with Gasteiger partial charge in [-0.3, -0.25) is 4.79 Å².